The Bertz CT molecular complexity index is 523. The van der Waals surface area contributed by atoms with E-state index < -0.39 is 8.32 Å². The van der Waals surface area contributed by atoms with Gasteiger partial charge < -0.3 is 9.16 Å². The van der Waals surface area contributed by atoms with Gasteiger partial charge in [0.15, 0.2) is 8.32 Å². The highest BCUT2D eigenvalue weighted by atomic mass is 32.2. The van der Waals surface area contributed by atoms with E-state index in [1.807, 2.05) is 23.5 Å². The van der Waals surface area contributed by atoms with Crippen molar-refractivity contribution in [2.45, 2.75) is 62.4 Å². The Labute approximate surface area is 162 Å². The fraction of sp³-hybridized carbons (Fsp3) is 0.842. The van der Waals surface area contributed by atoms with Gasteiger partial charge in [0.25, 0.3) is 0 Å². The van der Waals surface area contributed by atoms with Gasteiger partial charge in [0.1, 0.15) is 6.10 Å². The molecule has 0 aromatic carbocycles. The summed E-state index contributed by atoms with van der Waals surface area (Å²) in [6.07, 6.45) is 6.42. The molecule has 3 aliphatic rings. The van der Waals surface area contributed by atoms with E-state index in [1.165, 1.54) is 17.9 Å². The molecule has 142 valence electrons. The highest BCUT2D eigenvalue weighted by Gasteiger charge is 2.48. The van der Waals surface area contributed by atoms with Gasteiger partial charge in [-0.15, -0.1) is 23.5 Å². The molecule has 25 heavy (non-hydrogen) atoms. The highest BCUT2D eigenvalue weighted by Crippen LogP contribution is 2.48. The second kappa shape index (κ2) is 7.61. The molecule has 0 spiro atoms. The summed E-state index contributed by atoms with van der Waals surface area (Å²) in [5.74, 6) is 3.43. The molecule has 0 bridgehead atoms. The van der Waals surface area contributed by atoms with Gasteiger partial charge in [-0.2, -0.15) is 0 Å². The monoisotopic (exact) mass is 400 g/mol. The summed E-state index contributed by atoms with van der Waals surface area (Å²) in [4.78, 5) is 12.3. The molecular weight excluding hydrogens is 368 g/mol. The minimum atomic E-state index is -1.78. The smallest absolute Gasteiger partial charge is 0.306 e. The van der Waals surface area contributed by atoms with E-state index in [9.17, 15) is 4.79 Å². The molecule has 3 rings (SSSR count). The molecule has 1 aliphatic carbocycles. The zero-order chi connectivity index (χ0) is 18.2. The third kappa shape index (κ3) is 4.33. The van der Waals surface area contributed by atoms with Crippen LogP contribution in [-0.2, 0) is 14.0 Å². The molecule has 6 heteroatoms. The van der Waals surface area contributed by atoms with Crippen molar-refractivity contribution in [3.63, 3.8) is 0 Å². The second-order valence-corrected chi connectivity index (χ2v) is 16.6. The number of fused-ring (bicyclic) bond motifs is 1. The number of esters is 1. The predicted molar refractivity (Wildman–Crippen MR) is 111 cm³/mol. The largest absolute Gasteiger partial charge is 0.461 e. The summed E-state index contributed by atoms with van der Waals surface area (Å²) >= 11 is 4.08. The molecule has 3 nitrogen and oxygen atoms in total. The van der Waals surface area contributed by atoms with Gasteiger partial charge in [-0.1, -0.05) is 32.9 Å². The summed E-state index contributed by atoms with van der Waals surface area (Å²) in [5, 5.41) is 0.204. The molecule has 0 unspecified atom stereocenters. The molecule has 0 amide bonds. The Kier molecular flexibility index (Phi) is 6.03. The van der Waals surface area contributed by atoms with E-state index >= 15 is 0 Å². The van der Waals surface area contributed by atoms with Crippen LogP contribution in [0.5, 0.6) is 0 Å². The van der Waals surface area contributed by atoms with Crippen LogP contribution < -0.4 is 0 Å². The first-order chi connectivity index (χ1) is 11.7. The Morgan fingerprint density at radius 3 is 2.56 bits per heavy atom. The minimum Gasteiger partial charge on any atom is -0.461 e. The molecule has 2 aliphatic heterocycles. The first-order valence-corrected chi connectivity index (χ1v) is 14.4. The normalized spacial score (nSPS) is 34.0. The Morgan fingerprint density at radius 2 is 1.92 bits per heavy atom. The molecular formula is C19H32O3S2Si. The highest BCUT2D eigenvalue weighted by molar-refractivity contribution is 8.17. The van der Waals surface area contributed by atoms with Crippen LogP contribution in [0.1, 0.15) is 33.6 Å². The molecule has 4 atom stereocenters. The van der Waals surface area contributed by atoms with Crippen molar-refractivity contribution in [1.29, 1.82) is 0 Å². The predicted octanol–water partition coefficient (Wildman–Crippen LogP) is 4.94. The van der Waals surface area contributed by atoms with E-state index in [2.05, 4.69) is 46.0 Å². The zero-order valence-corrected chi connectivity index (χ0v) is 18.8. The molecule has 0 aromatic rings. The Balaban J connectivity index is 1.65. The number of hydrogen-bond donors (Lipinski definition) is 0. The first-order valence-electron chi connectivity index (χ1n) is 9.44. The molecule has 2 fully saturated rings. The number of rotatable bonds is 4. The van der Waals surface area contributed by atoms with Crippen LogP contribution in [0.2, 0.25) is 18.1 Å². The first kappa shape index (κ1) is 19.8. The molecule has 0 N–H and O–H groups in total. The maximum atomic E-state index is 12.3. The lowest BCUT2D eigenvalue weighted by atomic mass is 9.84. The molecule has 0 radical (unpaired) electrons. The van der Waals surface area contributed by atoms with Crippen LogP contribution in [0.3, 0.4) is 0 Å². The third-order valence-corrected chi connectivity index (χ3v) is 13.9. The van der Waals surface area contributed by atoms with E-state index in [-0.39, 0.29) is 23.0 Å². The SMILES string of the molecule is CC(C)(C)[Si](C)(C)OC[C@H]1C=C[C@@H]2[C@H]1OC(=O)C[C@@H]2C1SCCCS1. The van der Waals surface area contributed by atoms with Gasteiger partial charge in [0, 0.05) is 24.4 Å². The third-order valence-electron chi connectivity index (χ3n) is 6.19. The van der Waals surface area contributed by atoms with Gasteiger partial charge in [0.2, 0.25) is 0 Å². The van der Waals surface area contributed by atoms with Gasteiger partial charge in [0.05, 0.1) is 11.0 Å². The standard InChI is InChI=1S/C19H32O3S2Si/c1-19(2,3)25(4,5)21-12-13-7-8-14-15(11-16(20)22-17(13)14)18-23-9-6-10-24-18/h7-8,13-15,17-18H,6,9-12H2,1-5H3/t13-,14+,15+,17+/m1/s1. The van der Waals surface area contributed by atoms with Gasteiger partial charge in [-0.05, 0) is 36.1 Å². The van der Waals surface area contributed by atoms with Crippen molar-refractivity contribution in [2.75, 3.05) is 18.1 Å². The summed E-state index contributed by atoms with van der Waals surface area (Å²) < 4.78 is 12.8. The maximum Gasteiger partial charge on any atom is 0.306 e. The summed E-state index contributed by atoms with van der Waals surface area (Å²) in [6.45, 7) is 12.0. The molecule has 0 saturated carbocycles. The van der Waals surface area contributed by atoms with Crippen LogP contribution in [0.4, 0.5) is 0 Å². The van der Waals surface area contributed by atoms with Gasteiger partial charge in [-0.3, -0.25) is 4.79 Å². The van der Waals surface area contributed by atoms with E-state index in [4.69, 9.17) is 9.16 Å². The lowest BCUT2D eigenvalue weighted by Gasteiger charge is -2.41. The molecule has 2 saturated heterocycles. The molecule has 0 aromatic heterocycles. The lowest BCUT2D eigenvalue weighted by molar-refractivity contribution is -0.162. The van der Waals surface area contributed by atoms with E-state index in [1.54, 1.807) is 0 Å². The van der Waals surface area contributed by atoms with Gasteiger partial charge >= 0.3 is 5.97 Å². The van der Waals surface area contributed by atoms with Crippen LogP contribution in [0.25, 0.3) is 0 Å². The van der Waals surface area contributed by atoms with Crippen molar-refractivity contribution in [3.8, 4) is 0 Å². The fourth-order valence-corrected chi connectivity index (χ4v) is 7.88. The van der Waals surface area contributed by atoms with Crippen molar-refractivity contribution in [1.82, 2.24) is 0 Å². The van der Waals surface area contributed by atoms with Crippen LogP contribution >= 0.6 is 23.5 Å². The number of ether oxygens (including phenoxy) is 1. The number of hydrogen-bond acceptors (Lipinski definition) is 5. The lowest BCUT2D eigenvalue weighted by Crippen LogP contribution is -2.46. The summed E-state index contributed by atoms with van der Waals surface area (Å²) in [5.41, 5.74) is 0. The second-order valence-electron chi connectivity index (χ2n) is 8.98. The average molecular weight is 401 g/mol. The van der Waals surface area contributed by atoms with Crippen molar-refractivity contribution in [2.24, 2.45) is 17.8 Å². The van der Waals surface area contributed by atoms with Crippen LogP contribution in [-0.4, -0.2) is 43.1 Å². The van der Waals surface area contributed by atoms with Crippen molar-refractivity contribution < 1.29 is 14.0 Å². The Hall–Kier alpha value is 0.0869. The Morgan fingerprint density at radius 1 is 1.24 bits per heavy atom. The van der Waals surface area contributed by atoms with Crippen LogP contribution in [0.15, 0.2) is 12.2 Å². The van der Waals surface area contributed by atoms with Crippen molar-refractivity contribution in [3.05, 3.63) is 12.2 Å². The van der Waals surface area contributed by atoms with E-state index in [0.717, 1.165) is 0 Å². The number of thioether (sulfide) groups is 2. The summed E-state index contributed by atoms with van der Waals surface area (Å²) in [6, 6.07) is 0. The van der Waals surface area contributed by atoms with Crippen molar-refractivity contribution >= 4 is 37.8 Å². The minimum absolute atomic E-state index is 0.0147. The van der Waals surface area contributed by atoms with Gasteiger partial charge in [-0.25, -0.2) is 0 Å². The zero-order valence-electron chi connectivity index (χ0n) is 16.1. The fourth-order valence-electron chi connectivity index (χ4n) is 3.56. The summed E-state index contributed by atoms with van der Waals surface area (Å²) in [7, 11) is -1.78. The average Bonchev–Trinajstić information content (AvgIpc) is 2.95. The topological polar surface area (TPSA) is 35.5 Å². The van der Waals surface area contributed by atoms with Crippen LogP contribution in [0, 0.1) is 17.8 Å². The number of carbonyl (C=O) groups is 1. The quantitative estimate of drug-likeness (QED) is 0.379. The van der Waals surface area contributed by atoms with E-state index in [0.29, 0.717) is 29.4 Å². The maximum absolute atomic E-state index is 12.3. The molecule has 2 heterocycles. The number of carbonyl (C=O) groups excluding carboxylic acids is 1.